The zero-order valence-corrected chi connectivity index (χ0v) is 23.8. The average Bonchev–Trinajstić information content (AvgIpc) is 2.98. The normalized spacial score (nSPS) is 16.2. The fourth-order valence-electron chi connectivity index (χ4n) is 3.85. The second-order valence-electron chi connectivity index (χ2n) is 9.48. The molecule has 1 spiro atoms. The van der Waals surface area contributed by atoms with Crippen molar-refractivity contribution in [3.8, 4) is 0 Å². The molecule has 0 atom stereocenters. The van der Waals surface area contributed by atoms with E-state index in [1.807, 2.05) is 35.4 Å². The lowest BCUT2D eigenvalue weighted by atomic mass is 9.89. The topological polar surface area (TPSA) is 170 Å². The van der Waals surface area contributed by atoms with Gasteiger partial charge in [-0.3, -0.25) is 19.7 Å². The van der Waals surface area contributed by atoms with Gasteiger partial charge in [0.2, 0.25) is 0 Å². The number of halogens is 9. The molecule has 0 saturated carbocycles. The molecule has 2 aromatic rings. The Balaban J connectivity index is 0.000000430. The van der Waals surface area contributed by atoms with Crippen molar-refractivity contribution >= 4 is 23.8 Å². The number of aromatic nitrogens is 2. The van der Waals surface area contributed by atoms with E-state index in [1.54, 1.807) is 12.3 Å². The molecule has 4 rings (SSSR count). The summed E-state index contributed by atoms with van der Waals surface area (Å²) in [5.41, 5.74) is 1.46. The molecule has 2 aliphatic heterocycles. The molecule has 0 radical (unpaired) electrons. The third-order valence-electron chi connectivity index (χ3n) is 6.01. The van der Waals surface area contributed by atoms with E-state index in [0.29, 0.717) is 18.8 Å². The maximum atomic E-state index is 12.6. The number of hydrogen-bond donors (Lipinski definition) is 3. The van der Waals surface area contributed by atoms with E-state index >= 15 is 0 Å². The van der Waals surface area contributed by atoms with Crippen LogP contribution in [0.1, 0.15) is 29.0 Å². The third kappa shape index (κ3) is 15.1. The number of likely N-dealkylation sites (tertiary alicyclic amines) is 1. The Morgan fingerprint density at radius 2 is 1.17 bits per heavy atom. The number of carbonyl (C=O) groups excluding carboxylic acids is 1. The molecule has 12 nitrogen and oxygen atoms in total. The molecule has 3 N–H and O–H groups in total. The Kier molecular flexibility index (Phi) is 15.0. The fourth-order valence-corrected chi connectivity index (χ4v) is 3.85. The van der Waals surface area contributed by atoms with Crippen LogP contribution in [-0.2, 0) is 25.7 Å². The van der Waals surface area contributed by atoms with Crippen LogP contribution in [0.15, 0.2) is 48.8 Å². The van der Waals surface area contributed by atoms with Crippen molar-refractivity contribution in [1.82, 2.24) is 19.8 Å². The number of carboxylic acids is 3. The van der Waals surface area contributed by atoms with Gasteiger partial charge in [0.1, 0.15) is 5.69 Å². The molecule has 0 unspecified atom stereocenters. The quantitative estimate of drug-likeness (QED) is 0.399. The predicted octanol–water partition coefficient (Wildman–Crippen LogP) is 3.88. The fraction of sp³-hybridized carbons (Fsp3) is 0.462. The van der Waals surface area contributed by atoms with Crippen molar-refractivity contribution in [1.29, 1.82) is 0 Å². The summed E-state index contributed by atoms with van der Waals surface area (Å²) >= 11 is 0. The van der Waals surface area contributed by atoms with Gasteiger partial charge in [-0.2, -0.15) is 39.5 Å². The monoisotopic (exact) mass is 694 g/mol. The predicted molar refractivity (Wildman–Crippen MR) is 139 cm³/mol. The first-order chi connectivity index (χ1) is 21.6. The number of alkyl halides is 9. The number of amides is 1. The molecule has 21 heteroatoms. The van der Waals surface area contributed by atoms with Crippen molar-refractivity contribution in [3.63, 3.8) is 0 Å². The lowest BCUT2D eigenvalue weighted by Gasteiger charge is -2.47. The Hall–Kier alpha value is -4.53. The maximum Gasteiger partial charge on any atom is 0.490 e. The van der Waals surface area contributed by atoms with Gasteiger partial charge in [0, 0.05) is 45.1 Å². The first-order valence-corrected chi connectivity index (χ1v) is 12.9. The summed E-state index contributed by atoms with van der Waals surface area (Å²) in [5, 5.41) is 21.4. The molecule has 2 aliphatic rings. The van der Waals surface area contributed by atoms with Gasteiger partial charge >= 0.3 is 36.4 Å². The van der Waals surface area contributed by atoms with Gasteiger partial charge < -0.3 is 25.0 Å². The highest BCUT2D eigenvalue weighted by Crippen LogP contribution is 2.31. The smallest absolute Gasteiger partial charge is 0.475 e. The Bertz CT molecular complexity index is 1250. The molecule has 0 bridgehead atoms. The van der Waals surface area contributed by atoms with Crippen molar-refractivity contribution in [3.05, 3.63) is 60.2 Å². The first-order valence-electron chi connectivity index (χ1n) is 12.9. The molecule has 47 heavy (non-hydrogen) atoms. The van der Waals surface area contributed by atoms with E-state index in [-0.39, 0.29) is 11.5 Å². The second-order valence-corrected chi connectivity index (χ2v) is 9.48. The van der Waals surface area contributed by atoms with Crippen LogP contribution in [0.2, 0.25) is 0 Å². The molecule has 4 heterocycles. The number of nitrogens with zero attached hydrogens (tertiary/aromatic N) is 4. The van der Waals surface area contributed by atoms with E-state index in [4.69, 9.17) is 34.4 Å². The van der Waals surface area contributed by atoms with E-state index < -0.39 is 36.4 Å². The molecule has 2 fully saturated rings. The lowest BCUT2D eigenvalue weighted by Crippen LogP contribution is -2.57. The SMILES string of the molecule is O=C(O)C(F)(F)F.O=C(O)C(F)(F)F.O=C(O)C(F)(F)F.O=C(c1ccccn1)N1CCC2(CC1)CN(Cc1ccccn1)CCO2. The molecule has 1 amide bonds. The summed E-state index contributed by atoms with van der Waals surface area (Å²) in [5.74, 6) is -8.26. The van der Waals surface area contributed by atoms with Crippen LogP contribution < -0.4 is 0 Å². The lowest BCUT2D eigenvalue weighted by molar-refractivity contribution is -0.193. The van der Waals surface area contributed by atoms with E-state index in [0.717, 1.165) is 44.8 Å². The first kappa shape index (κ1) is 40.5. The summed E-state index contributed by atoms with van der Waals surface area (Å²) in [4.78, 5) is 52.2. The van der Waals surface area contributed by atoms with Gasteiger partial charge in [-0.1, -0.05) is 12.1 Å². The molecular formula is C26H27F9N4O8. The summed E-state index contributed by atoms with van der Waals surface area (Å²) in [6, 6.07) is 11.5. The largest absolute Gasteiger partial charge is 0.490 e. The zero-order chi connectivity index (χ0) is 36.1. The van der Waals surface area contributed by atoms with Crippen molar-refractivity contribution < 1.29 is 78.7 Å². The van der Waals surface area contributed by atoms with Crippen LogP contribution in [0.4, 0.5) is 39.5 Å². The van der Waals surface area contributed by atoms with Gasteiger partial charge in [0.25, 0.3) is 5.91 Å². The minimum atomic E-state index is -5.08. The number of carbonyl (C=O) groups is 4. The number of aliphatic carboxylic acids is 3. The Morgan fingerprint density at radius 3 is 1.55 bits per heavy atom. The van der Waals surface area contributed by atoms with Crippen molar-refractivity contribution in [2.45, 2.75) is 43.5 Å². The number of pyridine rings is 2. The number of piperidine rings is 1. The average molecular weight is 695 g/mol. The zero-order valence-electron chi connectivity index (χ0n) is 23.8. The highest BCUT2D eigenvalue weighted by Gasteiger charge is 2.41. The minimum absolute atomic E-state index is 0.0154. The van der Waals surface area contributed by atoms with Crippen LogP contribution >= 0.6 is 0 Å². The molecule has 0 aliphatic carbocycles. The van der Waals surface area contributed by atoms with E-state index in [2.05, 4.69) is 20.9 Å². The van der Waals surface area contributed by atoms with Crippen molar-refractivity contribution in [2.75, 3.05) is 32.8 Å². The van der Waals surface area contributed by atoms with Gasteiger partial charge in [0.15, 0.2) is 0 Å². The molecule has 0 aromatic carbocycles. The molecular weight excluding hydrogens is 667 g/mol. The highest BCUT2D eigenvalue weighted by atomic mass is 19.4. The molecule has 2 aromatic heterocycles. The van der Waals surface area contributed by atoms with E-state index in [9.17, 15) is 44.3 Å². The number of morpholine rings is 1. The van der Waals surface area contributed by atoms with Crippen LogP contribution in [-0.4, -0.2) is 116 Å². The highest BCUT2D eigenvalue weighted by molar-refractivity contribution is 5.92. The van der Waals surface area contributed by atoms with Crippen LogP contribution in [0, 0.1) is 0 Å². The molecule has 262 valence electrons. The van der Waals surface area contributed by atoms with Crippen LogP contribution in [0.25, 0.3) is 0 Å². The second kappa shape index (κ2) is 17.4. The number of carboxylic acid groups (broad SMARTS) is 3. The third-order valence-corrected chi connectivity index (χ3v) is 6.01. The summed E-state index contributed by atoms with van der Waals surface area (Å²) in [7, 11) is 0. The standard InChI is InChI=1S/C20H24N4O2.3C2HF3O2/c25-19(18-6-2-4-10-22-18)24-11-7-20(8-12-24)16-23(13-14-26-20)15-17-5-1-3-9-21-17;3*3-2(4,5)1(6)7/h1-6,9-10H,7-8,11-16H2;3*(H,6,7). The van der Waals surface area contributed by atoms with Gasteiger partial charge in [0.05, 0.1) is 17.9 Å². The van der Waals surface area contributed by atoms with E-state index in [1.165, 1.54) is 0 Å². The Labute approximate surface area is 259 Å². The molecule has 2 saturated heterocycles. The van der Waals surface area contributed by atoms with Gasteiger partial charge in [-0.25, -0.2) is 14.4 Å². The number of rotatable bonds is 3. The summed E-state index contributed by atoms with van der Waals surface area (Å²) < 4.78 is 101. The minimum Gasteiger partial charge on any atom is -0.475 e. The maximum absolute atomic E-state index is 12.6. The van der Waals surface area contributed by atoms with Gasteiger partial charge in [-0.15, -0.1) is 0 Å². The number of hydrogen-bond acceptors (Lipinski definition) is 8. The van der Waals surface area contributed by atoms with Crippen molar-refractivity contribution in [2.24, 2.45) is 0 Å². The summed E-state index contributed by atoms with van der Waals surface area (Å²) in [6.07, 6.45) is -10.0. The summed E-state index contributed by atoms with van der Waals surface area (Å²) in [6.45, 7) is 4.84. The Morgan fingerprint density at radius 1 is 0.723 bits per heavy atom. The number of ether oxygens (including phenoxy) is 1. The van der Waals surface area contributed by atoms with Crippen LogP contribution in [0.3, 0.4) is 0 Å². The van der Waals surface area contributed by atoms with Crippen LogP contribution in [0.5, 0.6) is 0 Å². The van der Waals surface area contributed by atoms with Gasteiger partial charge in [-0.05, 0) is 37.1 Å².